The fourth-order valence-corrected chi connectivity index (χ4v) is 5.37. The number of benzene rings is 2. The van der Waals surface area contributed by atoms with Crippen LogP contribution in [0.4, 0.5) is 16.3 Å². The molecule has 0 aliphatic carbocycles. The van der Waals surface area contributed by atoms with Crippen molar-refractivity contribution in [3.63, 3.8) is 0 Å². The Kier molecular flexibility index (Phi) is 10.1. The number of carbonyl (C=O) groups is 1. The van der Waals surface area contributed by atoms with E-state index in [1.807, 2.05) is 38.1 Å². The Hall–Kier alpha value is -3.83. The average Bonchev–Trinajstić information content (AvgIpc) is 3.00. The van der Waals surface area contributed by atoms with Crippen molar-refractivity contribution < 1.29 is 23.8 Å². The molecular weight excluding hydrogens is 536 g/mol. The van der Waals surface area contributed by atoms with Gasteiger partial charge < -0.3 is 28.8 Å². The van der Waals surface area contributed by atoms with Crippen molar-refractivity contribution >= 4 is 28.5 Å². The number of nitrogens with zero attached hydrogens (tertiary/aromatic N) is 5. The van der Waals surface area contributed by atoms with E-state index in [4.69, 9.17) is 19.0 Å². The lowest BCUT2D eigenvalue weighted by atomic mass is 10.1. The zero-order valence-corrected chi connectivity index (χ0v) is 24.9. The summed E-state index contributed by atoms with van der Waals surface area (Å²) >= 11 is 0. The molecule has 1 aromatic heterocycles. The first-order chi connectivity index (χ1) is 20.5. The second-order valence-corrected chi connectivity index (χ2v) is 10.9. The number of amides is 1. The molecule has 0 saturated carbocycles. The van der Waals surface area contributed by atoms with Gasteiger partial charge in [0.25, 0.3) is 0 Å². The van der Waals surface area contributed by atoms with Gasteiger partial charge in [-0.05, 0) is 76.5 Å². The lowest BCUT2D eigenvalue weighted by molar-refractivity contribution is -0.0966. The Morgan fingerprint density at radius 1 is 0.952 bits per heavy atom. The van der Waals surface area contributed by atoms with Crippen LogP contribution in [-0.4, -0.2) is 91.7 Å². The Morgan fingerprint density at radius 2 is 1.71 bits per heavy atom. The van der Waals surface area contributed by atoms with Crippen molar-refractivity contribution in [3.8, 4) is 17.2 Å². The Balaban J connectivity index is 1.14. The molecule has 226 valence electrons. The topological polar surface area (TPSA) is 102 Å². The molecule has 11 nitrogen and oxygen atoms in total. The van der Waals surface area contributed by atoms with Crippen LogP contribution < -0.4 is 24.4 Å². The molecule has 1 N–H and O–H groups in total. The molecule has 0 radical (unpaired) electrons. The number of carbonyl (C=O) groups excluding carboxylic acids is 1. The molecule has 0 atom stereocenters. The Labute approximate surface area is 247 Å². The molecule has 3 aromatic rings. The smallest absolute Gasteiger partial charge is 0.430 e. The maximum atomic E-state index is 12.5. The van der Waals surface area contributed by atoms with Gasteiger partial charge in [0.2, 0.25) is 0 Å². The predicted octanol–water partition coefficient (Wildman–Crippen LogP) is 4.97. The molecule has 5 rings (SSSR count). The van der Waals surface area contributed by atoms with E-state index in [-0.39, 0.29) is 6.10 Å². The van der Waals surface area contributed by atoms with Crippen LogP contribution in [-0.2, 0) is 4.84 Å². The van der Waals surface area contributed by atoms with Crippen LogP contribution >= 0.6 is 0 Å². The van der Waals surface area contributed by atoms with Gasteiger partial charge in [-0.25, -0.2) is 14.8 Å². The molecule has 2 aliphatic heterocycles. The normalized spacial score (nSPS) is 16.4. The number of methoxy groups -OCH3 is 1. The minimum absolute atomic E-state index is 0.0883. The second-order valence-electron chi connectivity index (χ2n) is 10.9. The molecule has 42 heavy (non-hydrogen) atoms. The number of piperidine rings is 1. The van der Waals surface area contributed by atoms with Gasteiger partial charge in [-0.1, -0.05) is 6.42 Å². The van der Waals surface area contributed by atoms with Crippen LogP contribution in [0.15, 0.2) is 42.7 Å². The third kappa shape index (κ3) is 7.92. The SMILES string of the molecule is COc1cc2c(N3CCN(OC(=O)Nc4ccc(OC(C)C)cc4)CC3)ncnc2cc1OCCCN1CCCCC1. The predicted molar refractivity (Wildman–Crippen MR) is 163 cm³/mol. The number of anilines is 2. The van der Waals surface area contributed by atoms with Gasteiger partial charge in [-0.15, -0.1) is 5.06 Å². The summed E-state index contributed by atoms with van der Waals surface area (Å²) in [5.74, 6) is 2.93. The molecule has 2 fully saturated rings. The fourth-order valence-electron chi connectivity index (χ4n) is 5.37. The lowest BCUT2D eigenvalue weighted by Gasteiger charge is -2.34. The van der Waals surface area contributed by atoms with Crippen molar-refractivity contribution in [1.29, 1.82) is 0 Å². The molecule has 3 heterocycles. The zero-order valence-electron chi connectivity index (χ0n) is 24.9. The summed E-state index contributed by atoms with van der Waals surface area (Å²) in [7, 11) is 1.65. The molecule has 2 aromatic carbocycles. The highest BCUT2D eigenvalue weighted by Gasteiger charge is 2.23. The summed E-state index contributed by atoms with van der Waals surface area (Å²) in [6, 6.07) is 11.1. The monoisotopic (exact) mass is 578 g/mol. The molecule has 0 unspecified atom stereocenters. The van der Waals surface area contributed by atoms with Crippen LogP contribution in [0.3, 0.4) is 0 Å². The van der Waals surface area contributed by atoms with E-state index in [2.05, 4.69) is 25.1 Å². The zero-order chi connectivity index (χ0) is 29.3. The van der Waals surface area contributed by atoms with E-state index < -0.39 is 6.09 Å². The minimum Gasteiger partial charge on any atom is -0.493 e. The van der Waals surface area contributed by atoms with E-state index in [1.54, 1.807) is 30.6 Å². The maximum Gasteiger partial charge on any atom is 0.430 e. The maximum absolute atomic E-state index is 12.5. The standard InChI is InChI=1S/C31H42N6O5/c1-23(2)41-25-10-8-24(9-11-25)34-31(38)42-37-17-15-36(16-18-37)30-26-20-28(39-3)29(21-27(26)32-22-33-30)40-19-7-14-35-12-5-4-6-13-35/h8-11,20-23H,4-7,12-19H2,1-3H3,(H,34,38). The second kappa shape index (κ2) is 14.4. The molecular formula is C31H42N6O5. The van der Waals surface area contributed by atoms with E-state index in [0.29, 0.717) is 50.0 Å². The fraction of sp³-hybridized carbons (Fsp3) is 0.516. The third-order valence-electron chi connectivity index (χ3n) is 7.45. The number of rotatable bonds is 11. The Bertz CT molecular complexity index is 1310. The van der Waals surface area contributed by atoms with Crippen molar-refractivity contribution in [1.82, 2.24) is 19.9 Å². The first-order valence-corrected chi connectivity index (χ1v) is 14.9. The van der Waals surface area contributed by atoms with Gasteiger partial charge in [0.1, 0.15) is 17.9 Å². The number of hydrogen-bond donors (Lipinski definition) is 1. The summed E-state index contributed by atoms with van der Waals surface area (Å²) in [5.41, 5.74) is 1.44. The van der Waals surface area contributed by atoms with E-state index in [0.717, 1.165) is 35.4 Å². The van der Waals surface area contributed by atoms with Crippen LogP contribution in [0.1, 0.15) is 39.5 Å². The number of hydroxylamine groups is 2. The highest BCUT2D eigenvalue weighted by atomic mass is 16.7. The van der Waals surface area contributed by atoms with Gasteiger partial charge in [-0.2, -0.15) is 0 Å². The van der Waals surface area contributed by atoms with E-state index >= 15 is 0 Å². The summed E-state index contributed by atoms with van der Waals surface area (Å²) in [4.78, 5) is 31.8. The molecule has 0 bridgehead atoms. The van der Waals surface area contributed by atoms with Crippen LogP contribution in [0.25, 0.3) is 10.9 Å². The van der Waals surface area contributed by atoms with Crippen LogP contribution in [0, 0.1) is 0 Å². The molecule has 0 spiro atoms. The van der Waals surface area contributed by atoms with Gasteiger partial charge in [0, 0.05) is 36.8 Å². The van der Waals surface area contributed by atoms with Gasteiger partial charge in [0.15, 0.2) is 11.5 Å². The molecule has 11 heteroatoms. The van der Waals surface area contributed by atoms with Crippen molar-refractivity contribution in [2.45, 2.75) is 45.6 Å². The lowest BCUT2D eigenvalue weighted by Crippen LogP contribution is -2.47. The first kappa shape index (κ1) is 29.7. The number of aromatic nitrogens is 2. The number of likely N-dealkylation sites (tertiary alicyclic amines) is 1. The summed E-state index contributed by atoms with van der Waals surface area (Å²) in [6.45, 7) is 10.4. The largest absolute Gasteiger partial charge is 0.493 e. The third-order valence-corrected chi connectivity index (χ3v) is 7.45. The van der Waals surface area contributed by atoms with E-state index in [1.165, 1.54) is 32.4 Å². The highest BCUT2D eigenvalue weighted by Crippen LogP contribution is 2.35. The number of fused-ring (bicyclic) bond motifs is 1. The summed E-state index contributed by atoms with van der Waals surface area (Å²) < 4.78 is 17.5. The number of ether oxygens (including phenoxy) is 3. The summed E-state index contributed by atoms with van der Waals surface area (Å²) in [5, 5.41) is 5.33. The quantitative estimate of drug-likeness (QED) is 0.314. The van der Waals surface area contributed by atoms with Gasteiger partial charge >= 0.3 is 6.09 Å². The summed E-state index contributed by atoms with van der Waals surface area (Å²) in [6.07, 6.45) is 6.05. The van der Waals surface area contributed by atoms with Crippen molar-refractivity contribution in [2.24, 2.45) is 0 Å². The van der Waals surface area contributed by atoms with Crippen LogP contribution in [0.5, 0.6) is 17.2 Å². The van der Waals surface area contributed by atoms with Gasteiger partial charge in [-0.3, -0.25) is 5.32 Å². The van der Waals surface area contributed by atoms with Crippen molar-refractivity contribution in [2.75, 3.05) is 69.7 Å². The Morgan fingerprint density at radius 3 is 2.43 bits per heavy atom. The number of nitrogens with one attached hydrogen (secondary N) is 1. The first-order valence-electron chi connectivity index (χ1n) is 14.9. The number of hydrogen-bond acceptors (Lipinski definition) is 10. The van der Waals surface area contributed by atoms with Crippen molar-refractivity contribution in [3.05, 3.63) is 42.7 Å². The van der Waals surface area contributed by atoms with E-state index in [9.17, 15) is 4.79 Å². The minimum atomic E-state index is -0.526. The molecule has 2 saturated heterocycles. The number of piperazine rings is 1. The molecule has 2 aliphatic rings. The molecule has 1 amide bonds. The van der Waals surface area contributed by atoms with Crippen LogP contribution in [0.2, 0.25) is 0 Å². The van der Waals surface area contributed by atoms with Gasteiger partial charge in [0.05, 0.1) is 38.4 Å². The highest BCUT2D eigenvalue weighted by molar-refractivity contribution is 5.92. The average molecular weight is 579 g/mol.